The molecule has 0 aliphatic heterocycles. The average molecular weight is 230 g/mol. The van der Waals surface area contributed by atoms with E-state index in [1.54, 1.807) is 0 Å². The van der Waals surface area contributed by atoms with E-state index in [-0.39, 0.29) is 5.82 Å². The number of halogens is 1. The summed E-state index contributed by atoms with van der Waals surface area (Å²) in [6.07, 6.45) is 0.713. The van der Waals surface area contributed by atoms with Crippen LogP contribution >= 0.6 is 11.3 Å². The third-order valence-electron chi connectivity index (χ3n) is 2.60. The summed E-state index contributed by atoms with van der Waals surface area (Å²) in [5.41, 5.74) is 0.424. The molecule has 0 saturated heterocycles. The SMILES string of the molecule is O=Cc1cc(F)cc2sc3ccccc3c12. The summed E-state index contributed by atoms with van der Waals surface area (Å²) in [5, 5.41) is 1.88. The van der Waals surface area contributed by atoms with Gasteiger partial charge in [-0.15, -0.1) is 11.3 Å². The first kappa shape index (κ1) is 9.48. The Labute approximate surface area is 95.1 Å². The molecule has 0 bridgehead atoms. The predicted molar refractivity (Wildman–Crippen MR) is 64.7 cm³/mol. The van der Waals surface area contributed by atoms with E-state index in [9.17, 15) is 9.18 Å². The van der Waals surface area contributed by atoms with Crippen molar-refractivity contribution in [3.8, 4) is 0 Å². The average Bonchev–Trinajstić information content (AvgIpc) is 2.65. The summed E-state index contributed by atoms with van der Waals surface area (Å²) in [6, 6.07) is 10.6. The second-order valence-electron chi connectivity index (χ2n) is 3.58. The lowest BCUT2D eigenvalue weighted by molar-refractivity contribution is 0.112. The Morgan fingerprint density at radius 2 is 1.94 bits per heavy atom. The third kappa shape index (κ3) is 1.25. The summed E-state index contributed by atoms with van der Waals surface area (Å²) < 4.78 is 15.2. The van der Waals surface area contributed by atoms with Crippen LogP contribution in [0.25, 0.3) is 20.2 Å². The van der Waals surface area contributed by atoms with Gasteiger partial charge in [-0.3, -0.25) is 4.79 Å². The van der Waals surface area contributed by atoms with Crippen molar-refractivity contribution in [1.29, 1.82) is 0 Å². The number of carbonyl (C=O) groups excluding carboxylic acids is 1. The van der Waals surface area contributed by atoms with E-state index in [0.29, 0.717) is 11.8 Å². The van der Waals surface area contributed by atoms with Crippen LogP contribution in [0, 0.1) is 5.82 Å². The topological polar surface area (TPSA) is 17.1 Å². The second-order valence-corrected chi connectivity index (χ2v) is 4.67. The van der Waals surface area contributed by atoms with Crippen LogP contribution in [-0.2, 0) is 0 Å². The number of benzene rings is 2. The Hall–Kier alpha value is -1.74. The zero-order valence-electron chi connectivity index (χ0n) is 8.24. The van der Waals surface area contributed by atoms with Crippen molar-refractivity contribution in [2.75, 3.05) is 0 Å². The summed E-state index contributed by atoms with van der Waals surface area (Å²) >= 11 is 1.51. The Morgan fingerprint density at radius 3 is 2.75 bits per heavy atom. The molecule has 3 rings (SSSR count). The summed E-state index contributed by atoms with van der Waals surface area (Å²) in [7, 11) is 0. The minimum absolute atomic E-state index is 0.360. The van der Waals surface area contributed by atoms with E-state index in [0.717, 1.165) is 20.2 Å². The summed E-state index contributed by atoms with van der Waals surface area (Å²) in [6.45, 7) is 0. The van der Waals surface area contributed by atoms with Crippen LogP contribution in [-0.4, -0.2) is 6.29 Å². The van der Waals surface area contributed by atoms with Gasteiger partial charge in [0.05, 0.1) is 0 Å². The Balaban J connectivity index is 2.60. The zero-order valence-corrected chi connectivity index (χ0v) is 9.05. The van der Waals surface area contributed by atoms with E-state index < -0.39 is 0 Å². The van der Waals surface area contributed by atoms with Crippen molar-refractivity contribution in [3.63, 3.8) is 0 Å². The molecule has 0 spiro atoms. The van der Waals surface area contributed by atoms with Gasteiger partial charge in [0.1, 0.15) is 5.82 Å². The number of aldehydes is 1. The maximum Gasteiger partial charge on any atom is 0.150 e. The van der Waals surface area contributed by atoms with Crippen molar-refractivity contribution in [2.45, 2.75) is 0 Å². The van der Waals surface area contributed by atoms with Crippen LogP contribution in [0.2, 0.25) is 0 Å². The van der Waals surface area contributed by atoms with E-state index in [4.69, 9.17) is 0 Å². The van der Waals surface area contributed by atoms with E-state index in [1.807, 2.05) is 24.3 Å². The highest BCUT2D eigenvalue weighted by Crippen LogP contribution is 2.35. The number of thiophene rings is 1. The molecule has 0 N–H and O–H groups in total. The molecule has 1 aromatic heterocycles. The number of fused-ring (bicyclic) bond motifs is 3. The Kier molecular flexibility index (Phi) is 2.01. The van der Waals surface area contributed by atoms with E-state index >= 15 is 0 Å². The highest BCUT2D eigenvalue weighted by molar-refractivity contribution is 7.25. The highest BCUT2D eigenvalue weighted by Gasteiger charge is 2.10. The lowest BCUT2D eigenvalue weighted by Crippen LogP contribution is -1.83. The number of hydrogen-bond acceptors (Lipinski definition) is 2. The largest absolute Gasteiger partial charge is 0.298 e. The lowest BCUT2D eigenvalue weighted by atomic mass is 10.1. The molecule has 1 heterocycles. The van der Waals surface area contributed by atoms with Crippen molar-refractivity contribution < 1.29 is 9.18 Å². The van der Waals surface area contributed by atoms with E-state index in [2.05, 4.69) is 0 Å². The molecule has 1 nitrogen and oxygen atoms in total. The molecule has 0 radical (unpaired) electrons. The molecular formula is C13H7FOS. The van der Waals surface area contributed by atoms with Crippen molar-refractivity contribution >= 4 is 37.8 Å². The molecule has 78 valence electrons. The standard InChI is InChI=1S/C13H7FOS/c14-9-5-8(7-15)13-10-3-1-2-4-11(10)16-12(13)6-9/h1-7H. The van der Waals surface area contributed by atoms with Crippen LogP contribution in [0.4, 0.5) is 4.39 Å². The molecule has 0 aliphatic rings. The quantitative estimate of drug-likeness (QED) is 0.577. The van der Waals surface area contributed by atoms with Crippen LogP contribution in [0.3, 0.4) is 0 Å². The minimum Gasteiger partial charge on any atom is -0.298 e. The second kappa shape index (κ2) is 3.39. The van der Waals surface area contributed by atoms with Crippen molar-refractivity contribution in [2.24, 2.45) is 0 Å². The number of rotatable bonds is 1. The molecule has 0 amide bonds. The van der Waals surface area contributed by atoms with Crippen molar-refractivity contribution in [1.82, 2.24) is 0 Å². The molecule has 3 aromatic rings. The monoisotopic (exact) mass is 230 g/mol. The first-order chi connectivity index (χ1) is 7.79. The fourth-order valence-electron chi connectivity index (χ4n) is 1.94. The fourth-order valence-corrected chi connectivity index (χ4v) is 3.11. The van der Waals surface area contributed by atoms with Gasteiger partial charge in [0.15, 0.2) is 6.29 Å². The molecular weight excluding hydrogens is 223 g/mol. The van der Waals surface area contributed by atoms with Gasteiger partial charge in [-0.2, -0.15) is 0 Å². The Morgan fingerprint density at radius 1 is 1.12 bits per heavy atom. The van der Waals surface area contributed by atoms with Gasteiger partial charge in [0.25, 0.3) is 0 Å². The first-order valence-electron chi connectivity index (χ1n) is 4.85. The van der Waals surface area contributed by atoms with Gasteiger partial charge in [-0.25, -0.2) is 4.39 Å². The minimum atomic E-state index is -0.360. The van der Waals surface area contributed by atoms with Crippen molar-refractivity contribution in [3.05, 3.63) is 47.8 Å². The molecule has 0 unspecified atom stereocenters. The molecule has 3 heteroatoms. The van der Waals surface area contributed by atoms with Gasteiger partial charge in [0, 0.05) is 25.7 Å². The molecule has 0 fully saturated rings. The molecule has 16 heavy (non-hydrogen) atoms. The first-order valence-corrected chi connectivity index (χ1v) is 5.67. The summed E-state index contributed by atoms with van der Waals surface area (Å²) in [5.74, 6) is -0.360. The van der Waals surface area contributed by atoms with Gasteiger partial charge >= 0.3 is 0 Å². The lowest BCUT2D eigenvalue weighted by Gasteiger charge is -1.96. The predicted octanol–water partition coefficient (Wildman–Crippen LogP) is 4.01. The number of hydrogen-bond donors (Lipinski definition) is 0. The Bertz CT molecular complexity index is 700. The van der Waals surface area contributed by atoms with Crippen LogP contribution in [0.15, 0.2) is 36.4 Å². The molecule has 2 aromatic carbocycles. The van der Waals surface area contributed by atoms with Gasteiger partial charge in [0.2, 0.25) is 0 Å². The molecule has 0 aliphatic carbocycles. The van der Waals surface area contributed by atoms with Gasteiger partial charge < -0.3 is 0 Å². The normalized spacial score (nSPS) is 11.1. The maximum absolute atomic E-state index is 13.3. The van der Waals surface area contributed by atoms with Gasteiger partial charge in [-0.1, -0.05) is 18.2 Å². The van der Waals surface area contributed by atoms with E-state index in [1.165, 1.54) is 23.5 Å². The maximum atomic E-state index is 13.3. The molecule has 0 saturated carbocycles. The van der Waals surface area contributed by atoms with Gasteiger partial charge in [-0.05, 0) is 18.2 Å². The molecule has 0 atom stereocenters. The van der Waals surface area contributed by atoms with Crippen LogP contribution in [0.5, 0.6) is 0 Å². The number of carbonyl (C=O) groups is 1. The highest BCUT2D eigenvalue weighted by atomic mass is 32.1. The smallest absolute Gasteiger partial charge is 0.150 e. The van der Waals surface area contributed by atoms with Crippen LogP contribution < -0.4 is 0 Å². The third-order valence-corrected chi connectivity index (χ3v) is 3.72. The fraction of sp³-hybridized carbons (Fsp3) is 0. The summed E-state index contributed by atoms with van der Waals surface area (Å²) in [4.78, 5) is 11.0. The zero-order chi connectivity index (χ0) is 11.1. The van der Waals surface area contributed by atoms with Crippen LogP contribution in [0.1, 0.15) is 10.4 Å².